The first-order valence-electron chi connectivity index (χ1n) is 7.97. The molecule has 0 aromatic heterocycles. The summed E-state index contributed by atoms with van der Waals surface area (Å²) in [6.45, 7) is 10.4. The second kappa shape index (κ2) is 8.28. The first kappa shape index (κ1) is 15.3. The van der Waals surface area contributed by atoms with Crippen LogP contribution in [0.4, 0.5) is 0 Å². The molecule has 1 aliphatic carbocycles. The molecule has 0 unspecified atom stereocenters. The molecule has 0 amide bonds. The van der Waals surface area contributed by atoms with E-state index in [1.54, 1.807) is 0 Å². The van der Waals surface area contributed by atoms with Crippen molar-refractivity contribution >= 4 is 0 Å². The molecule has 0 radical (unpaired) electrons. The molecule has 1 aromatic carbocycles. The van der Waals surface area contributed by atoms with E-state index in [9.17, 15) is 0 Å². The Morgan fingerprint density at radius 1 is 1.25 bits per heavy atom. The minimum absolute atomic E-state index is 0.781. The van der Waals surface area contributed by atoms with Gasteiger partial charge in [0.15, 0.2) is 0 Å². The third-order valence-electron chi connectivity index (χ3n) is 3.86. The highest BCUT2D eigenvalue weighted by Crippen LogP contribution is 2.29. The van der Waals surface area contributed by atoms with E-state index in [0.717, 1.165) is 44.5 Å². The van der Waals surface area contributed by atoms with E-state index in [-0.39, 0.29) is 0 Å². The fraction of sp³-hybridized carbons (Fsp3) is 0.647. The molecule has 0 saturated heterocycles. The number of benzene rings is 1. The average molecular weight is 276 g/mol. The molecule has 0 atom stereocenters. The van der Waals surface area contributed by atoms with Gasteiger partial charge in [0, 0.05) is 25.2 Å². The second-order valence-electron chi connectivity index (χ2n) is 5.57. The van der Waals surface area contributed by atoms with Gasteiger partial charge in [-0.25, -0.2) is 0 Å². The monoisotopic (exact) mass is 276 g/mol. The van der Waals surface area contributed by atoms with Crippen molar-refractivity contribution in [2.24, 2.45) is 5.92 Å². The van der Waals surface area contributed by atoms with Crippen LogP contribution in [0.1, 0.15) is 32.3 Å². The van der Waals surface area contributed by atoms with Crippen LogP contribution < -0.4 is 10.1 Å². The van der Waals surface area contributed by atoms with Crippen LogP contribution in [-0.2, 0) is 6.54 Å². The number of rotatable bonds is 10. The Morgan fingerprint density at radius 3 is 2.75 bits per heavy atom. The summed E-state index contributed by atoms with van der Waals surface area (Å²) < 4.78 is 5.99. The largest absolute Gasteiger partial charge is 0.492 e. The van der Waals surface area contributed by atoms with Gasteiger partial charge in [0.05, 0.1) is 0 Å². The molecule has 112 valence electrons. The van der Waals surface area contributed by atoms with Crippen molar-refractivity contribution < 1.29 is 4.74 Å². The zero-order chi connectivity index (χ0) is 14.2. The van der Waals surface area contributed by atoms with E-state index in [0.29, 0.717) is 0 Å². The van der Waals surface area contributed by atoms with Gasteiger partial charge >= 0.3 is 0 Å². The van der Waals surface area contributed by atoms with Crippen molar-refractivity contribution in [2.75, 3.05) is 32.8 Å². The lowest BCUT2D eigenvalue weighted by atomic mass is 10.2. The van der Waals surface area contributed by atoms with E-state index in [4.69, 9.17) is 4.74 Å². The third kappa shape index (κ3) is 5.14. The minimum Gasteiger partial charge on any atom is -0.492 e. The molecule has 1 fully saturated rings. The van der Waals surface area contributed by atoms with Gasteiger partial charge in [0.1, 0.15) is 12.4 Å². The van der Waals surface area contributed by atoms with Gasteiger partial charge in [0.2, 0.25) is 0 Å². The number of likely N-dealkylation sites (N-methyl/N-ethyl adjacent to an activating group) is 1. The first-order valence-corrected chi connectivity index (χ1v) is 7.97. The van der Waals surface area contributed by atoms with E-state index < -0.39 is 0 Å². The fourth-order valence-corrected chi connectivity index (χ4v) is 2.38. The van der Waals surface area contributed by atoms with E-state index >= 15 is 0 Å². The first-order chi connectivity index (χ1) is 9.83. The van der Waals surface area contributed by atoms with Gasteiger partial charge in [-0.15, -0.1) is 0 Å². The molecule has 20 heavy (non-hydrogen) atoms. The van der Waals surface area contributed by atoms with Crippen LogP contribution in [-0.4, -0.2) is 37.7 Å². The van der Waals surface area contributed by atoms with Gasteiger partial charge in [-0.05, 0) is 37.9 Å². The van der Waals surface area contributed by atoms with E-state index in [1.165, 1.54) is 24.9 Å². The molecule has 0 aliphatic heterocycles. The molecular weight excluding hydrogens is 248 g/mol. The van der Waals surface area contributed by atoms with Crippen molar-refractivity contribution in [1.82, 2.24) is 10.2 Å². The van der Waals surface area contributed by atoms with Gasteiger partial charge in [-0.1, -0.05) is 32.0 Å². The topological polar surface area (TPSA) is 24.5 Å². The predicted octanol–water partition coefficient (Wildman–Crippen LogP) is 2.91. The Balaban J connectivity index is 1.77. The Bertz CT molecular complexity index is 390. The second-order valence-corrected chi connectivity index (χ2v) is 5.57. The van der Waals surface area contributed by atoms with Crippen LogP contribution in [0.2, 0.25) is 0 Å². The van der Waals surface area contributed by atoms with Crippen LogP contribution in [0.15, 0.2) is 24.3 Å². The van der Waals surface area contributed by atoms with Crippen LogP contribution in [0, 0.1) is 5.92 Å². The number of para-hydroxylation sites is 1. The molecule has 1 saturated carbocycles. The smallest absolute Gasteiger partial charge is 0.123 e. The fourth-order valence-electron chi connectivity index (χ4n) is 2.38. The van der Waals surface area contributed by atoms with Gasteiger partial charge < -0.3 is 10.1 Å². The summed E-state index contributed by atoms with van der Waals surface area (Å²) in [4.78, 5) is 2.50. The Labute approximate surface area is 123 Å². The highest BCUT2D eigenvalue weighted by Gasteiger charge is 2.23. The van der Waals surface area contributed by atoms with Crippen LogP contribution in [0.25, 0.3) is 0 Å². The lowest BCUT2D eigenvalue weighted by Crippen LogP contribution is -2.30. The lowest BCUT2D eigenvalue weighted by Gasteiger charge is -2.20. The van der Waals surface area contributed by atoms with Crippen LogP contribution in [0.3, 0.4) is 0 Å². The summed E-state index contributed by atoms with van der Waals surface area (Å²) in [6, 6.07) is 8.33. The molecule has 1 aliphatic rings. The Kier molecular flexibility index (Phi) is 6.34. The summed E-state index contributed by atoms with van der Waals surface area (Å²) in [7, 11) is 0. The quantitative estimate of drug-likeness (QED) is 0.711. The van der Waals surface area contributed by atoms with Crippen LogP contribution >= 0.6 is 0 Å². The zero-order valence-corrected chi connectivity index (χ0v) is 12.9. The summed E-state index contributed by atoms with van der Waals surface area (Å²) in [5, 5.41) is 3.36. The minimum atomic E-state index is 0.781. The SMILES string of the molecule is CCNCc1ccccc1OCCN(CC)CC1CC1. The number of nitrogens with zero attached hydrogens (tertiary/aromatic N) is 1. The van der Waals surface area contributed by atoms with Crippen molar-refractivity contribution in [3.63, 3.8) is 0 Å². The highest BCUT2D eigenvalue weighted by atomic mass is 16.5. The normalized spacial score (nSPS) is 14.8. The summed E-state index contributed by atoms with van der Waals surface area (Å²) in [5.74, 6) is 1.98. The number of nitrogens with one attached hydrogen (secondary N) is 1. The van der Waals surface area contributed by atoms with E-state index in [2.05, 4.69) is 42.3 Å². The highest BCUT2D eigenvalue weighted by molar-refractivity contribution is 5.33. The molecule has 2 rings (SSSR count). The van der Waals surface area contributed by atoms with Crippen molar-refractivity contribution in [3.05, 3.63) is 29.8 Å². The Morgan fingerprint density at radius 2 is 2.05 bits per heavy atom. The molecule has 3 heteroatoms. The predicted molar refractivity (Wildman–Crippen MR) is 84.2 cm³/mol. The van der Waals surface area contributed by atoms with Crippen molar-refractivity contribution in [2.45, 2.75) is 33.2 Å². The maximum absolute atomic E-state index is 5.99. The maximum atomic E-state index is 5.99. The third-order valence-corrected chi connectivity index (χ3v) is 3.86. The van der Waals surface area contributed by atoms with Crippen molar-refractivity contribution in [1.29, 1.82) is 0 Å². The molecule has 0 heterocycles. The Hall–Kier alpha value is -1.06. The summed E-state index contributed by atoms with van der Waals surface area (Å²) >= 11 is 0. The molecule has 1 N–H and O–H groups in total. The van der Waals surface area contributed by atoms with Crippen LogP contribution in [0.5, 0.6) is 5.75 Å². The zero-order valence-electron chi connectivity index (χ0n) is 12.9. The summed E-state index contributed by atoms with van der Waals surface area (Å²) in [5.41, 5.74) is 1.25. The molecule has 0 bridgehead atoms. The molecule has 1 aromatic rings. The number of hydrogen-bond donors (Lipinski definition) is 1. The van der Waals surface area contributed by atoms with Gasteiger partial charge in [0.25, 0.3) is 0 Å². The molecule has 0 spiro atoms. The van der Waals surface area contributed by atoms with Gasteiger partial charge in [-0.3, -0.25) is 4.90 Å². The van der Waals surface area contributed by atoms with Gasteiger partial charge in [-0.2, -0.15) is 0 Å². The van der Waals surface area contributed by atoms with E-state index in [1.807, 2.05) is 6.07 Å². The van der Waals surface area contributed by atoms with Crippen molar-refractivity contribution in [3.8, 4) is 5.75 Å². The number of hydrogen-bond acceptors (Lipinski definition) is 3. The lowest BCUT2D eigenvalue weighted by molar-refractivity contribution is 0.209. The average Bonchev–Trinajstić information content (AvgIpc) is 3.29. The standard InChI is InChI=1S/C17H28N2O/c1-3-18-13-16-7-5-6-8-17(16)20-12-11-19(4-2)14-15-9-10-15/h5-8,15,18H,3-4,9-14H2,1-2H3. The molecular formula is C17H28N2O. The summed E-state index contributed by atoms with van der Waals surface area (Å²) in [6.07, 6.45) is 2.84. The number of ether oxygens (including phenoxy) is 1. The maximum Gasteiger partial charge on any atom is 0.123 e. The molecule has 3 nitrogen and oxygen atoms in total.